The van der Waals surface area contributed by atoms with Crippen molar-refractivity contribution in [2.45, 2.75) is 25.5 Å². The molecule has 3 aliphatic rings. The highest BCUT2D eigenvalue weighted by Crippen LogP contribution is 2.57. The largest absolute Gasteiger partial charge is 0.488 e. The summed E-state index contributed by atoms with van der Waals surface area (Å²) >= 11 is 0. The van der Waals surface area contributed by atoms with E-state index in [9.17, 15) is 13.2 Å². The molecule has 16 heteroatoms. The zero-order chi connectivity index (χ0) is 32.8. The van der Waals surface area contributed by atoms with Crippen LogP contribution in [0.15, 0.2) is 36.7 Å². The van der Waals surface area contributed by atoms with Gasteiger partial charge in [-0.05, 0) is 24.3 Å². The van der Waals surface area contributed by atoms with E-state index >= 15 is 4.39 Å². The second kappa shape index (κ2) is 12.4. The van der Waals surface area contributed by atoms with Crippen LogP contribution in [0.1, 0.15) is 12.8 Å². The van der Waals surface area contributed by atoms with E-state index in [0.29, 0.717) is 74.0 Å². The monoisotopic (exact) mass is 657 g/mol. The maximum Gasteiger partial charge on any atom is 0.249 e. The van der Waals surface area contributed by atoms with E-state index in [2.05, 4.69) is 30.4 Å². The molecule has 4 aromatic rings. The zero-order valence-corrected chi connectivity index (χ0v) is 26.1. The van der Waals surface area contributed by atoms with Crippen molar-refractivity contribution in [1.29, 1.82) is 0 Å². The van der Waals surface area contributed by atoms with Crippen molar-refractivity contribution < 1.29 is 31.8 Å². The third-order valence-electron chi connectivity index (χ3n) is 8.74. The third-order valence-corrected chi connectivity index (χ3v) is 8.74. The van der Waals surface area contributed by atoms with Gasteiger partial charge in [0.15, 0.2) is 17.4 Å². The number of hydrogen-bond acceptors (Lipinski definition) is 10. The van der Waals surface area contributed by atoms with Crippen molar-refractivity contribution in [2.75, 3.05) is 69.9 Å². The van der Waals surface area contributed by atoms with Crippen molar-refractivity contribution in [1.82, 2.24) is 34.4 Å². The lowest BCUT2D eigenvalue weighted by molar-refractivity contribution is -0.170. The lowest BCUT2D eigenvalue weighted by atomic mass is 9.61. The fourth-order valence-electron chi connectivity index (χ4n) is 6.53. The standard InChI is InChI=1S/C31H35F4N9O3/c1-41-29(37-21-3-4-22(24(32)12-21)23-14-44(19-45-2)39-26(23)33)38-27(40-41)20-11-25(47-10-7-42-5-8-46-9-6-42)28(36-13-20)43-17-30(18-43)15-31(34,35)16-30/h3-4,11-14H,5-10,15-19H2,1-2H3,(H,37,38,40). The topological polar surface area (TPSA) is 108 Å². The molecular formula is C31H35F4N9O3. The van der Waals surface area contributed by atoms with Crippen molar-refractivity contribution in [3.05, 3.63) is 48.4 Å². The van der Waals surface area contributed by atoms with Gasteiger partial charge in [0, 0.05) is 94.3 Å². The molecule has 2 saturated heterocycles. The van der Waals surface area contributed by atoms with Crippen LogP contribution in [0.25, 0.3) is 22.5 Å². The van der Waals surface area contributed by atoms with Crippen LogP contribution in [-0.2, 0) is 23.3 Å². The highest BCUT2D eigenvalue weighted by molar-refractivity contribution is 5.69. The summed E-state index contributed by atoms with van der Waals surface area (Å²) in [6, 6.07) is 6.12. The maximum absolute atomic E-state index is 15.1. The van der Waals surface area contributed by atoms with Crippen molar-refractivity contribution in [3.8, 4) is 28.3 Å². The van der Waals surface area contributed by atoms with Gasteiger partial charge in [0.05, 0.1) is 18.8 Å². The first-order chi connectivity index (χ1) is 22.6. The lowest BCUT2D eigenvalue weighted by Gasteiger charge is -2.59. The van der Waals surface area contributed by atoms with E-state index in [1.807, 2.05) is 11.0 Å². The minimum Gasteiger partial charge on any atom is -0.488 e. The van der Waals surface area contributed by atoms with E-state index in [0.717, 1.165) is 13.1 Å². The Morgan fingerprint density at radius 1 is 1.04 bits per heavy atom. The molecule has 1 aliphatic carbocycles. The Hall–Kier alpha value is -4.28. The number of methoxy groups -OCH3 is 1. The lowest BCUT2D eigenvalue weighted by Crippen LogP contribution is -2.66. The summed E-state index contributed by atoms with van der Waals surface area (Å²) in [5, 5.41) is 11.3. The van der Waals surface area contributed by atoms with E-state index < -0.39 is 17.7 Å². The predicted molar refractivity (Wildman–Crippen MR) is 164 cm³/mol. The van der Waals surface area contributed by atoms with Crippen LogP contribution in [0.5, 0.6) is 5.75 Å². The molecule has 0 atom stereocenters. The Kier molecular flexibility index (Phi) is 8.26. The van der Waals surface area contributed by atoms with Crippen molar-refractivity contribution in [2.24, 2.45) is 12.5 Å². The highest BCUT2D eigenvalue weighted by atomic mass is 19.3. The quantitative estimate of drug-likeness (QED) is 0.235. The highest BCUT2D eigenvalue weighted by Gasteiger charge is 2.62. The van der Waals surface area contributed by atoms with Gasteiger partial charge in [-0.25, -0.2) is 27.5 Å². The number of rotatable bonds is 11. The molecule has 5 heterocycles. The zero-order valence-electron chi connectivity index (χ0n) is 26.1. The number of halogens is 4. The molecule has 1 aromatic carbocycles. The molecule has 7 rings (SSSR count). The van der Waals surface area contributed by atoms with Gasteiger partial charge in [0.2, 0.25) is 17.8 Å². The average Bonchev–Trinajstić information content (AvgIpc) is 3.56. The minimum absolute atomic E-state index is 0.0185. The molecule has 12 nitrogen and oxygen atoms in total. The second-order valence-corrected chi connectivity index (χ2v) is 12.4. The van der Waals surface area contributed by atoms with Crippen molar-refractivity contribution in [3.63, 3.8) is 0 Å². The first kappa shape index (κ1) is 31.3. The maximum atomic E-state index is 15.1. The molecule has 3 aromatic heterocycles. The van der Waals surface area contributed by atoms with Crippen LogP contribution < -0.4 is 15.0 Å². The van der Waals surface area contributed by atoms with Gasteiger partial charge in [-0.15, -0.1) is 10.2 Å². The number of aryl methyl sites for hydroxylation is 1. The molecule has 47 heavy (non-hydrogen) atoms. The first-order valence-corrected chi connectivity index (χ1v) is 15.4. The fourth-order valence-corrected chi connectivity index (χ4v) is 6.53. The Morgan fingerprint density at radius 2 is 1.83 bits per heavy atom. The number of ether oxygens (including phenoxy) is 3. The SMILES string of the molecule is COCn1cc(-c2ccc(Nc3nc(-c4cnc(N5CC6(C5)CC(F)(F)C6)c(OCCN5CCOCC5)c4)nn3C)cc2F)c(F)n1. The number of pyridine rings is 1. The summed E-state index contributed by atoms with van der Waals surface area (Å²) < 4.78 is 76.1. The van der Waals surface area contributed by atoms with E-state index in [1.54, 1.807) is 19.3 Å². The summed E-state index contributed by atoms with van der Waals surface area (Å²) in [5.41, 5.74) is 0.683. The van der Waals surface area contributed by atoms with E-state index in [-0.39, 0.29) is 36.1 Å². The number of alkyl halides is 2. The molecule has 0 amide bonds. The molecule has 1 saturated carbocycles. The predicted octanol–water partition coefficient (Wildman–Crippen LogP) is 4.31. The molecule has 0 radical (unpaired) electrons. The smallest absolute Gasteiger partial charge is 0.249 e. The molecule has 0 unspecified atom stereocenters. The van der Waals surface area contributed by atoms with Crippen LogP contribution >= 0.6 is 0 Å². The second-order valence-electron chi connectivity index (χ2n) is 12.4. The number of hydrogen-bond donors (Lipinski definition) is 1. The van der Waals surface area contributed by atoms with Crippen molar-refractivity contribution >= 4 is 17.5 Å². The van der Waals surface area contributed by atoms with Gasteiger partial charge >= 0.3 is 0 Å². The van der Waals surface area contributed by atoms with Gasteiger partial charge in [-0.2, -0.15) is 9.37 Å². The number of benzene rings is 1. The number of aromatic nitrogens is 6. The Labute approximate surface area is 268 Å². The molecule has 250 valence electrons. The molecule has 3 fully saturated rings. The minimum atomic E-state index is -2.59. The molecule has 2 aliphatic heterocycles. The first-order valence-electron chi connectivity index (χ1n) is 15.4. The van der Waals surface area contributed by atoms with Gasteiger partial charge in [-0.1, -0.05) is 0 Å². The number of nitrogens with zero attached hydrogens (tertiary/aromatic N) is 8. The number of morpholine rings is 1. The van der Waals surface area contributed by atoms with Crippen LogP contribution in [0.2, 0.25) is 0 Å². The van der Waals surface area contributed by atoms with Gasteiger partial charge in [-0.3, -0.25) is 4.90 Å². The molecule has 1 spiro atoms. The number of anilines is 3. The van der Waals surface area contributed by atoms with Gasteiger partial charge in [0.25, 0.3) is 0 Å². The summed E-state index contributed by atoms with van der Waals surface area (Å²) in [6.07, 6.45) is 2.82. The summed E-state index contributed by atoms with van der Waals surface area (Å²) in [6.45, 7) is 5.17. The van der Waals surface area contributed by atoms with Gasteiger partial charge < -0.3 is 24.4 Å². The van der Waals surface area contributed by atoms with Crippen LogP contribution in [0, 0.1) is 17.2 Å². The Bertz CT molecular complexity index is 1740. The number of nitrogens with one attached hydrogen (secondary N) is 1. The Balaban J connectivity index is 1.08. The third kappa shape index (κ3) is 6.49. The summed E-state index contributed by atoms with van der Waals surface area (Å²) in [7, 11) is 3.15. The van der Waals surface area contributed by atoms with Crippen LogP contribution in [0.3, 0.4) is 0 Å². The van der Waals surface area contributed by atoms with E-state index in [4.69, 9.17) is 14.2 Å². The molecule has 0 bridgehead atoms. The summed E-state index contributed by atoms with van der Waals surface area (Å²) in [5.74, 6) is -2.22. The van der Waals surface area contributed by atoms with E-state index in [1.165, 1.54) is 34.8 Å². The summed E-state index contributed by atoms with van der Waals surface area (Å²) in [4.78, 5) is 13.5. The normalized spacial score (nSPS) is 18.6. The van der Waals surface area contributed by atoms with Crippen LogP contribution in [-0.4, -0.2) is 100 Å². The molecular weight excluding hydrogens is 622 g/mol. The average molecular weight is 658 g/mol. The van der Waals surface area contributed by atoms with Crippen LogP contribution in [0.4, 0.5) is 35.0 Å². The Morgan fingerprint density at radius 3 is 2.55 bits per heavy atom. The molecule has 1 N–H and O–H groups in total. The van der Waals surface area contributed by atoms with Gasteiger partial charge in [0.1, 0.15) is 19.2 Å². The fraction of sp³-hybridized carbons (Fsp3) is 0.484.